The second-order valence-electron chi connectivity index (χ2n) is 6.42. The Bertz CT molecular complexity index is 865. The summed E-state index contributed by atoms with van der Waals surface area (Å²) in [5, 5.41) is 2.95. The summed E-state index contributed by atoms with van der Waals surface area (Å²) in [6.07, 6.45) is 2.90. The van der Waals surface area contributed by atoms with Gasteiger partial charge in [0.25, 0.3) is 5.91 Å². The second kappa shape index (κ2) is 8.95. The van der Waals surface area contributed by atoms with Crippen LogP contribution in [0.3, 0.4) is 0 Å². The SMILES string of the molecule is CC[S@](=O)c1ccccc1C(=O)OCC(=O)N[C@@H]1CCCc2ccccc21. The average molecular weight is 385 g/mol. The Morgan fingerprint density at radius 2 is 1.89 bits per heavy atom. The molecule has 5 nitrogen and oxygen atoms in total. The molecule has 1 aliphatic rings. The molecule has 0 aromatic heterocycles. The van der Waals surface area contributed by atoms with Gasteiger partial charge in [-0.25, -0.2) is 4.79 Å². The molecule has 0 spiro atoms. The minimum absolute atomic E-state index is 0.0546. The van der Waals surface area contributed by atoms with Crippen LogP contribution in [0.25, 0.3) is 0 Å². The zero-order valence-electron chi connectivity index (χ0n) is 15.3. The fourth-order valence-electron chi connectivity index (χ4n) is 3.34. The minimum atomic E-state index is -1.27. The first kappa shape index (κ1) is 19.3. The maximum absolute atomic E-state index is 12.3. The first-order valence-electron chi connectivity index (χ1n) is 9.12. The van der Waals surface area contributed by atoms with E-state index < -0.39 is 16.8 Å². The number of amides is 1. The number of rotatable bonds is 6. The van der Waals surface area contributed by atoms with E-state index in [0.717, 1.165) is 24.8 Å². The number of fused-ring (bicyclic) bond motifs is 1. The van der Waals surface area contributed by atoms with Gasteiger partial charge in [-0.15, -0.1) is 0 Å². The highest BCUT2D eigenvalue weighted by Gasteiger charge is 2.22. The van der Waals surface area contributed by atoms with Gasteiger partial charge in [-0.2, -0.15) is 0 Å². The summed E-state index contributed by atoms with van der Waals surface area (Å²) < 4.78 is 17.2. The Hall–Kier alpha value is -2.47. The number of hydrogen-bond acceptors (Lipinski definition) is 4. The van der Waals surface area contributed by atoms with E-state index in [4.69, 9.17) is 4.74 Å². The first-order chi connectivity index (χ1) is 13.1. The topological polar surface area (TPSA) is 72.5 Å². The maximum atomic E-state index is 12.3. The number of aryl methyl sites for hydroxylation is 1. The Morgan fingerprint density at radius 1 is 1.15 bits per heavy atom. The van der Waals surface area contributed by atoms with Gasteiger partial charge < -0.3 is 10.1 Å². The average Bonchev–Trinajstić information content (AvgIpc) is 2.71. The van der Waals surface area contributed by atoms with Crippen molar-refractivity contribution in [2.75, 3.05) is 12.4 Å². The largest absolute Gasteiger partial charge is 0.452 e. The van der Waals surface area contributed by atoms with Crippen molar-refractivity contribution in [1.82, 2.24) is 5.32 Å². The molecule has 3 rings (SSSR count). The van der Waals surface area contributed by atoms with Crippen molar-refractivity contribution in [3.8, 4) is 0 Å². The number of esters is 1. The summed E-state index contributed by atoms with van der Waals surface area (Å²) in [4.78, 5) is 25.1. The van der Waals surface area contributed by atoms with Gasteiger partial charge >= 0.3 is 5.97 Å². The number of hydrogen-bond donors (Lipinski definition) is 1. The van der Waals surface area contributed by atoms with Crippen LogP contribution < -0.4 is 5.32 Å². The smallest absolute Gasteiger partial charge is 0.339 e. The van der Waals surface area contributed by atoms with Gasteiger partial charge in [0, 0.05) is 5.75 Å². The highest BCUT2D eigenvalue weighted by atomic mass is 32.2. The van der Waals surface area contributed by atoms with Crippen molar-refractivity contribution in [2.45, 2.75) is 37.1 Å². The van der Waals surface area contributed by atoms with Crippen molar-refractivity contribution in [1.29, 1.82) is 0 Å². The van der Waals surface area contributed by atoms with Crippen LogP contribution in [0.2, 0.25) is 0 Å². The van der Waals surface area contributed by atoms with E-state index in [1.807, 2.05) is 18.2 Å². The maximum Gasteiger partial charge on any atom is 0.339 e. The Kier molecular flexibility index (Phi) is 6.40. The lowest BCUT2D eigenvalue weighted by molar-refractivity contribution is -0.125. The van der Waals surface area contributed by atoms with Gasteiger partial charge in [0.15, 0.2) is 6.61 Å². The quantitative estimate of drug-likeness (QED) is 0.776. The van der Waals surface area contributed by atoms with E-state index in [0.29, 0.717) is 10.6 Å². The Morgan fingerprint density at radius 3 is 2.70 bits per heavy atom. The third kappa shape index (κ3) is 4.63. The van der Waals surface area contributed by atoms with Crippen molar-refractivity contribution in [3.63, 3.8) is 0 Å². The number of nitrogens with one attached hydrogen (secondary N) is 1. The number of benzene rings is 2. The van der Waals surface area contributed by atoms with E-state index in [2.05, 4.69) is 11.4 Å². The molecule has 0 heterocycles. The molecule has 0 fully saturated rings. The highest BCUT2D eigenvalue weighted by molar-refractivity contribution is 7.85. The summed E-state index contributed by atoms with van der Waals surface area (Å²) in [6.45, 7) is 1.43. The molecule has 0 saturated heterocycles. The summed E-state index contributed by atoms with van der Waals surface area (Å²) in [5.41, 5.74) is 2.63. The highest BCUT2D eigenvalue weighted by Crippen LogP contribution is 2.29. The number of ether oxygens (including phenoxy) is 1. The minimum Gasteiger partial charge on any atom is -0.452 e. The predicted molar refractivity (Wildman–Crippen MR) is 104 cm³/mol. The monoisotopic (exact) mass is 385 g/mol. The zero-order chi connectivity index (χ0) is 19.2. The number of carbonyl (C=O) groups excluding carboxylic acids is 2. The molecule has 6 heteroatoms. The van der Waals surface area contributed by atoms with Gasteiger partial charge in [0.1, 0.15) is 0 Å². The lowest BCUT2D eigenvalue weighted by atomic mass is 9.88. The molecule has 0 bridgehead atoms. The van der Waals surface area contributed by atoms with Crippen molar-refractivity contribution in [3.05, 3.63) is 65.2 Å². The summed E-state index contributed by atoms with van der Waals surface area (Å²) in [6, 6.07) is 14.7. The van der Waals surface area contributed by atoms with Crippen molar-refractivity contribution in [2.24, 2.45) is 0 Å². The lowest BCUT2D eigenvalue weighted by Crippen LogP contribution is -2.34. The third-order valence-electron chi connectivity index (χ3n) is 4.65. The van der Waals surface area contributed by atoms with E-state index in [9.17, 15) is 13.8 Å². The van der Waals surface area contributed by atoms with E-state index in [1.54, 1.807) is 31.2 Å². The molecular formula is C21H23NO4S. The summed E-state index contributed by atoms with van der Waals surface area (Å²) in [5.74, 6) is -0.558. The van der Waals surface area contributed by atoms with Crippen LogP contribution in [0.15, 0.2) is 53.4 Å². The van der Waals surface area contributed by atoms with Crippen LogP contribution in [0.4, 0.5) is 0 Å². The molecule has 0 aliphatic heterocycles. The molecule has 2 aromatic carbocycles. The van der Waals surface area contributed by atoms with Gasteiger partial charge in [-0.1, -0.05) is 43.3 Å². The van der Waals surface area contributed by atoms with Crippen LogP contribution in [0, 0.1) is 0 Å². The molecule has 0 saturated carbocycles. The third-order valence-corrected chi connectivity index (χ3v) is 6.02. The van der Waals surface area contributed by atoms with Crippen LogP contribution in [-0.4, -0.2) is 28.4 Å². The standard InChI is InChI=1S/C21H23NO4S/c1-2-27(25)19-13-6-5-11-17(19)21(24)26-14-20(23)22-18-12-7-9-15-8-3-4-10-16(15)18/h3-6,8,10-11,13,18H,2,7,9,12,14H2,1H3,(H,22,23)/t18-,27+/m1/s1. The lowest BCUT2D eigenvalue weighted by Gasteiger charge is -2.26. The molecule has 1 aliphatic carbocycles. The second-order valence-corrected chi connectivity index (χ2v) is 8.13. The molecule has 142 valence electrons. The van der Waals surface area contributed by atoms with Gasteiger partial charge in [-0.05, 0) is 42.5 Å². The molecule has 27 heavy (non-hydrogen) atoms. The molecule has 0 unspecified atom stereocenters. The Balaban J connectivity index is 1.61. The normalized spacial score (nSPS) is 16.9. The van der Waals surface area contributed by atoms with Crippen LogP contribution in [0.5, 0.6) is 0 Å². The van der Waals surface area contributed by atoms with Crippen LogP contribution >= 0.6 is 0 Å². The Labute approximate surface area is 161 Å². The van der Waals surface area contributed by atoms with Crippen molar-refractivity contribution >= 4 is 22.7 Å². The summed E-state index contributed by atoms with van der Waals surface area (Å²) >= 11 is 0. The van der Waals surface area contributed by atoms with Crippen molar-refractivity contribution < 1.29 is 18.5 Å². The van der Waals surface area contributed by atoms with Crippen LogP contribution in [0.1, 0.15) is 47.3 Å². The van der Waals surface area contributed by atoms with Gasteiger partial charge in [0.2, 0.25) is 0 Å². The zero-order valence-corrected chi connectivity index (χ0v) is 16.1. The number of carbonyl (C=O) groups is 2. The van der Waals surface area contributed by atoms with Crippen LogP contribution in [-0.2, 0) is 26.8 Å². The fourth-order valence-corrected chi connectivity index (χ4v) is 4.28. The predicted octanol–water partition coefficient (Wildman–Crippen LogP) is 3.16. The van der Waals surface area contributed by atoms with Gasteiger partial charge in [0.05, 0.1) is 27.3 Å². The fraction of sp³-hybridized carbons (Fsp3) is 0.333. The van der Waals surface area contributed by atoms with Gasteiger partial charge in [-0.3, -0.25) is 9.00 Å². The van der Waals surface area contributed by atoms with E-state index in [1.165, 1.54) is 5.56 Å². The van der Waals surface area contributed by atoms with E-state index >= 15 is 0 Å². The molecule has 0 radical (unpaired) electrons. The molecule has 2 aromatic rings. The van der Waals surface area contributed by atoms with E-state index in [-0.39, 0.29) is 24.1 Å². The summed E-state index contributed by atoms with van der Waals surface area (Å²) in [7, 11) is -1.27. The first-order valence-corrected chi connectivity index (χ1v) is 10.4. The molecule has 1 amide bonds. The molecular weight excluding hydrogens is 362 g/mol. The molecule has 2 atom stereocenters. The molecule has 1 N–H and O–H groups in total.